The maximum absolute atomic E-state index is 13.0. The number of nitrogens with one attached hydrogen (secondary N) is 1. The first kappa shape index (κ1) is 18.5. The van der Waals surface area contributed by atoms with Gasteiger partial charge in [0, 0.05) is 12.3 Å². The lowest BCUT2D eigenvalue weighted by atomic mass is 10.1. The third-order valence-corrected chi connectivity index (χ3v) is 3.90. The van der Waals surface area contributed by atoms with E-state index in [-0.39, 0.29) is 30.6 Å². The number of hydrogen-bond donors (Lipinski definition) is 2. The van der Waals surface area contributed by atoms with E-state index in [1.165, 1.54) is 41.4 Å². The SMILES string of the molecule is NC(=O)c1cc(OC2CN(C(=O)Nc3ccccc3C(F)(F)F)C2)ccn1. The largest absolute Gasteiger partial charge is 0.487 e. The summed E-state index contributed by atoms with van der Waals surface area (Å²) < 4.78 is 44.5. The fourth-order valence-electron chi connectivity index (χ4n) is 2.52. The van der Waals surface area contributed by atoms with Crippen molar-refractivity contribution < 1.29 is 27.5 Å². The Morgan fingerprint density at radius 1 is 1.22 bits per heavy atom. The molecule has 1 aromatic heterocycles. The van der Waals surface area contributed by atoms with Crippen LogP contribution in [0.25, 0.3) is 0 Å². The molecule has 0 aliphatic carbocycles. The number of pyridine rings is 1. The van der Waals surface area contributed by atoms with Gasteiger partial charge >= 0.3 is 12.2 Å². The van der Waals surface area contributed by atoms with Crippen LogP contribution >= 0.6 is 0 Å². The molecule has 0 unspecified atom stereocenters. The van der Waals surface area contributed by atoms with Gasteiger partial charge < -0.3 is 20.7 Å². The molecule has 0 atom stereocenters. The minimum atomic E-state index is -4.57. The van der Waals surface area contributed by atoms with Gasteiger partial charge in [0.05, 0.1) is 24.3 Å². The molecule has 1 aliphatic rings. The first-order valence-electron chi connectivity index (χ1n) is 7.88. The number of alkyl halides is 3. The van der Waals surface area contributed by atoms with Gasteiger partial charge in [-0.1, -0.05) is 12.1 Å². The highest BCUT2D eigenvalue weighted by Gasteiger charge is 2.36. The lowest BCUT2D eigenvalue weighted by Crippen LogP contribution is -2.57. The summed E-state index contributed by atoms with van der Waals surface area (Å²) in [7, 11) is 0. The number of aromatic nitrogens is 1. The van der Waals surface area contributed by atoms with Crippen LogP contribution in [-0.4, -0.2) is 41.0 Å². The molecule has 1 aromatic carbocycles. The third-order valence-electron chi connectivity index (χ3n) is 3.90. The highest BCUT2D eigenvalue weighted by Crippen LogP contribution is 2.34. The molecular weight excluding hydrogens is 365 g/mol. The third kappa shape index (κ3) is 4.27. The molecule has 0 radical (unpaired) electrons. The van der Waals surface area contributed by atoms with Crippen molar-refractivity contribution in [1.29, 1.82) is 0 Å². The van der Waals surface area contributed by atoms with E-state index >= 15 is 0 Å². The van der Waals surface area contributed by atoms with E-state index in [0.717, 1.165) is 6.07 Å². The van der Waals surface area contributed by atoms with E-state index in [1.807, 2.05) is 0 Å². The predicted molar refractivity (Wildman–Crippen MR) is 89.2 cm³/mol. The smallest absolute Gasteiger partial charge is 0.418 e. The molecule has 2 aromatic rings. The Hall–Kier alpha value is -3.30. The zero-order chi connectivity index (χ0) is 19.6. The fourth-order valence-corrected chi connectivity index (χ4v) is 2.52. The Balaban J connectivity index is 1.57. The van der Waals surface area contributed by atoms with Crippen LogP contribution in [0.3, 0.4) is 0 Å². The highest BCUT2D eigenvalue weighted by atomic mass is 19.4. The van der Waals surface area contributed by atoms with Crippen LogP contribution in [0.5, 0.6) is 5.75 Å². The second kappa shape index (κ2) is 7.14. The van der Waals surface area contributed by atoms with Crippen LogP contribution in [0.1, 0.15) is 16.1 Å². The lowest BCUT2D eigenvalue weighted by molar-refractivity contribution is -0.136. The number of nitrogens with zero attached hydrogens (tertiary/aromatic N) is 2. The molecule has 7 nitrogen and oxygen atoms in total. The number of ether oxygens (including phenoxy) is 1. The monoisotopic (exact) mass is 380 g/mol. The minimum Gasteiger partial charge on any atom is -0.487 e. The Labute approximate surface area is 151 Å². The number of likely N-dealkylation sites (tertiary alicyclic amines) is 1. The van der Waals surface area contributed by atoms with Gasteiger partial charge in [0.15, 0.2) is 0 Å². The molecule has 0 saturated carbocycles. The number of hydrogen-bond acceptors (Lipinski definition) is 4. The zero-order valence-electron chi connectivity index (χ0n) is 13.9. The molecule has 2 heterocycles. The highest BCUT2D eigenvalue weighted by molar-refractivity contribution is 5.91. The quantitative estimate of drug-likeness (QED) is 0.852. The molecule has 3 amide bonds. The molecule has 1 aliphatic heterocycles. The summed E-state index contributed by atoms with van der Waals surface area (Å²) in [5.74, 6) is -0.329. The normalized spacial score (nSPS) is 14.4. The van der Waals surface area contributed by atoms with Gasteiger partial charge in [-0.3, -0.25) is 9.78 Å². The Morgan fingerprint density at radius 3 is 2.59 bits per heavy atom. The van der Waals surface area contributed by atoms with E-state index in [9.17, 15) is 22.8 Å². The van der Waals surface area contributed by atoms with E-state index < -0.39 is 23.7 Å². The summed E-state index contributed by atoms with van der Waals surface area (Å²) in [5.41, 5.74) is 3.97. The summed E-state index contributed by atoms with van der Waals surface area (Å²) in [5, 5.41) is 2.27. The van der Waals surface area contributed by atoms with Crippen LogP contribution in [0.15, 0.2) is 42.6 Å². The van der Waals surface area contributed by atoms with E-state index in [4.69, 9.17) is 10.5 Å². The second-order valence-corrected chi connectivity index (χ2v) is 5.86. The molecule has 1 fully saturated rings. The summed E-state index contributed by atoms with van der Waals surface area (Å²) in [6.07, 6.45) is -3.55. The summed E-state index contributed by atoms with van der Waals surface area (Å²) in [6, 6.07) is 7.01. The Morgan fingerprint density at radius 2 is 1.93 bits per heavy atom. The van der Waals surface area contributed by atoms with E-state index in [0.29, 0.717) is 5.75 Å². The molecule has 10 heteroatoms. The van der Waals surface area contributed by atoms with Gasteiger partial charge in [-0.05, 0) is 18.2 Å². The maximum atomic E-state index is 13.0. The second-order valence-electron chi connectivity index (χ2n) is 5.86. The number of primary amides is 1. The topological polar surface area (TPSA) is 97.6 Å². The van der Waals surface area contributed by atoms with Crippen molar-refractivity contribution in [3.8, 4) is 5.75 Å². The number of benzene rings is 1. The molecule has 1 saturated heterocycles. The molecule has 0 bridgehead atoms. The molecule has 0 spiro atoms. The lowest BCUT2D eigenvalue weighted by Gasteiger charge is -2.38. The maximum Gasteiger partial charge on any atom is 0.418 e. The number of urea groups is 1. The van der Waals surface area contributed by atoms with E-state index in [1.54, 1.807) is 0 Å². The molecule has 27 heavy (non-hydrogen) atoms. The average Bonchev–Trinajstić information content (AvgIpc) is 2.57. The first-order chi connectivity index (χ1) is 12.7. The molecule has 142 valence electrons. The van der Waals surface area contributed by atoms with Crippen LogP contribution in [-0.2, 0) is 6.18 Å². The average molecular weight is 380 g/mol. The van der Waals surface area contributed by atoms with Crippen molar-refractivity contribution in [3.05, 3.63) is 53.9 Å². The van der Waals surface area contributed by atoms with Gasteiger partial charge in [0.1, 0.15) is 17.5 Å². The summed E-state index contributed by atoms with van der Waals surface area (Å²) in [6.45, 7) is 0.377. The number of carbonyl (C=O) groups is 2. The van der Waals surface area contributed by atoms with Crippen LogP contribution in [0.4, 0.5) is 23.7 Å². The molecular formula is C17H15F3N4O3. The molecule has 3 N–H and O–H groups in total. The first-order valence-corrected chi connectivity index (χ1v) is 7.88. The number of para-hydroxylation sites is 1. The zero-order valence-corrected chi connectivity index (χ0v) is 13.9. The Bertz CT molecular complexity index is 866. The number of halogens is 3. The number of anilines is 1. The molecule has 3 rings (SSSR count). The summed E-state index contributed by atoms with van der Waals surface area (Å²) >= 11 is 0. The number of rotatable bonds is 4. The Kier molecular flexibility index (Phi) is 4.89. The van der Waals surface area contributed by atoms with Gasteiger partial charge in [0.2, 0.25) is 0 Å². The van der Waals surface area contributed by atoms with Crippen molar-refractivity contribution in [2.24, 2.45) is 5.73 Å². The fraction of sp³-hybridized carbons (Fsp3) is 0.235. The number of carbonyl (C=O) groups excluding carboxylic acids is 2. The van der Waals surface area contributed by atoms with E-state index in [2.05, 4.69) is 10.3 Å². The van der Waals surface area contributed by atoms with Crippen LogP contribution < -0.4 is 15.8 Å². The van der Waals surface area contributed by atoms with Gasteiger partial charge in [-0.15, -0.1) is 0 Å². The number of nitrogens with two attached hydrogens (primary N) is 1. The standard InChI is InChI=1S/C17H15F3N4O3/c18-17(19,20)12-3-1-2-4-13(12)23-16(26)24-8-11(9-24)27-10-5-6-22-14(7-10)15(21)25/h1-7,11H,8-9H2,(H2,21,25)(H,23,26). The van der Waals surface area contributed by atoms with Crippen molar-refractivity contribution >= 4 is 17.6 Å². The number of amides is 3. The van der Waals surface area contributed by atoms with Crippen molar-refractivity contribution in [3.63, 3.8) is 0 Å². The van der Waals surface area contributed by atoms with Gasteiger partial charge in [-0.2, -0.15) is 13.2 Å². The van der Waals surface area contributed by atoms with Crippen molar-refractivity contribution in [1.82, 2.24) is 9.88 Å². The minimum absolute atomic E-state index is 0.0465. The summed E-state index contributed by atoms with van der Waals surface area (Å²) in [4.78, 5) is 28.3. The van der Waals surface area contributed by atoms with Crippen LogP contribution in [0, 0.1) is 0 Å². The van der Waals surface area contributed by atoms with Gasteiger partial charge in [0.25, 0.3) is 5.91 Å². The van der Waals surface area contributed by atoms with Crippen molar-refractivity contribution in [2.75, 3.05) is 18.4 Å². The van der Waals surface area contributed by atoms with Crippen molar-refractivity contribution in [2.45, 2.75) is 12.3 Å². The predicted octanol–water partition coefficient (Wildman–Crippen LogP) is 2.49. The van der Waals surface area contributed by atoms with Gasteiger partial charge in [-0.25, -0.2) is 4.79 Å². The van der Waals surface area contributed by atoms with Crippen LogP contribution in [0.2, 0.25) is 0 Å².